The zero-order valence-corrected chi connectivity index (χ0v) is 17.4. The Morgan fingerprint density at radius 1 is 1.04 bits per heavy atom. The van der Waals surface area contributed by atoms with Crippen LogP contribution in [0.25, 0.3) is 11.4 Å². The van der Waals surface area contributed by atoms with Gasteiger partial charge in [-0.05, 0) is 62.7 Å². The highest BCUT2D eigenvalue weighted by molar-refractivity contribution is 7.98. The van der Waals surface area contributed by atoms with Crippen LogP contribution in [0.4, 0.5) is 5.69 Å². The van der Waals surface area contributed by atoms with Gasteiger partial charge in [-0.25, -0.2) is 0 Å². The molecule has 0 bridgehead atoms. The van der Waals surface area contributed by atoms with Crippen molar-refractivity contribution < 1.29 is 0 Å². The van der Waals surface area contributed by atoms with Crippen LogP contribution in [0.5, 0.6) is 0 Å². The number of aromatic nitrogens is 3. The van der Waals surface area contributed by atoms with Crippen molar-refractivity contribution in [3.05, 3.63) is 59.7 Å². The third-order valence-electron chi connectivity index (χ3n) is 4.71. The first kappa shape index (κ1) is 20.0. The minimum atomic E-state index is 0.684. The maximum atomic E-state index is 9.06. The molecule has 0 unspecified atom stereocenters. The van der Waals surface area contributed by atoms with Crippen LogP contribution >= 0.6 is 11.8 Å². The lowest BCUT2D eigenvalue weighted by molar-refractivity contribution is 0.687. The summed E-state index contributed by atoms with van der Waals surface area (Å²) in [7, 11) is 0. The summed E-state index contributed by atoms with van der Waals surface area (Å²) in [6.07, 6.45) is 0. The Kier molecular flexibility index (Phi) is 6.72. The normalized spacial score (nSPS) is 10.6. The van der Waals surface area contributed by atoms with Crippen LogP contribution in [0.3, 0.4) is 0 Å². The van der Waals surface area contributed by atoms with Crippen molar-refractivity contribution in [1.82, 2.24) is 14.8 Å². The summed E-state index contributed by atoms with van der Waals surface area (Å²) in [6, 6.07) is 18.4. The van der Waals surface area contributed by atoms with Crippen LogP contribution in [0.15, 0.2) is 53.7 Å². The average Bonchev–Trinajstić information content (AvgIpc) is 3.16. The van der Waals surface area contributed by atoms with E-state index in [1.54, 1.807) is 11.8 Å². The molecule has 0 aliphatic carbocycles. The number of rotatable bonds is 8. The summed E-state index contributed by atoms with van der Waals surface area (Å²) in [5.74, 6) is 1.65. The first-order valence-corrected chi connectivity index (χ1v) is 10.6. The molecule has 0 atom stereocenters. The standard InChI is InChI=1S/C22H25N5S/c1-4-26(5-2)20-12-10-19(11-13-20)21-24-25-22(27(21)6-3)28-16-18-9-7-8-17(14-18)15-23/h7-14H,4-6,16H2,1-3H3. The van der Waals surface area contributed by atoms with Gasteiger partial charge < -0.3 is 9.47 Å². The van der Waals surface area contributed by atoms with Crippen LogP contribution in [-0.2, 0) is 12.3 Å². The van der Waals surface area contributed by atoms with Crippen molar-refractivity contribution >= 4 is 17.4 Å². The van der Waals surface area contributed by atoms with E-state index in [0.717, 1.165) is 47.5 Å². The summed E-state index contributed by atoms with van der Waals surface area (Å²) >= 11 is 1.65. The first-order chi connectivity index (χ1) is 13.7. The van der Waals surface area contributed by atoms with E-state index >= 15 is 0 Å². The van der Waals surface area contributed by atoms with E-state index in [1.807, 2.05) is 24.3 Å². The maximum Gasteiger partial charge on any atom is 0.191 e. The van der Waals surface area contributed by atoms with E-state index in [9.17, 15) is 0 Å². The van der Waals surface area contributed by atoms with Crippen molar-refractivity contribution in [2.45, 2.75) is 38.2 Å². The van der Waals surface area contributed by atoms with E-state index in [1.165, 1.54) is 5.69 Å². The fraction of sp³-hybridized carbons (Fsp3) is 0.318. The van der Waals surface area contributed by atoms with E-state index < -0.39 is 0 Å². The molecule has 1 aromatic heterocycles. The molecular formula is C22H25N5S. The highest BCUT2D eigenvalue weighted by Gasteiger charge is 2.14. The third-order valence-corrected chi connectivity index (χ3v) is 5.75. The van der Waals surface area contributed by atoms with Gasteiger partial charge in [0, 0.05) is 36.6 Å². The Morgan fingerprint density at radius 2 is 1.79 bits per heavy atom. The van der Waals surface area contributed by atoms with Gasteiger partial charge in [0.05, 0.1) is 11.6 Å². The molecule has 6 heteroatoms. The number of nitrogens with zero attached hydrogens (tertiary/aromatic N) is 5. The van der Waals surface area contributed by atoms with Crippen LogP contribution in [-0.4, -0.2) is 27.9 Å². The van der Waals surface area contributed by atoms with E-state index in [-0.39, 0.29) is 0 Å². The molecule has 3 aromatic rings. The topological polar surface area (TPSA) is 57.7 Å². The number of hydrogen-bond acceptors (Lipinski definition) is 5. The average molecular weight is 392 g/mol. The van der Waals surface area contributed by atoms with Crippen LogP contribution in [0.1, 0.15) is 31.9 Å². The van der Waals surface area contributed by atoms with Crippen molar-refractivity contribution in [2.24, 2.45) is 0 Å². The summed E-state index contributed by atoms with van der Waals surface area (Å²) in [6.45, 7) is 9.24. The van der Waals surface area contributed by atoms with Gasteiger partial charge in [0.25, 0.3) is 0 Å². The van der Waals surface area contributed by atoms with Crippen molar-refractivity contribution in [3.8, 4) is 17.5 Å². The van der Waals surface area contributed by atoms with Crippen molar-refractivity contribution in [2.75, 3.05) is 18.0 Å². The second kappa shape index (κ2) is 9.43. The maximum absolute atomic E-state index is 9.06. The molecule has 2 aromatic carbocycles. The van der Waals surface area contributed by atoms with Gasteiger partial charge in [-0.2, -0.15) is 5.26 Å². The molecule has 0 amide bonds. The number of hydrogen-bond donors (Lipinski definition) is 0. The number of anilines is 1. The second-order valence-electron chi connectivity index (χ2n) is 6.37. The van der Waals surface area contributed by atoms with Gasteiger partial charge >= 0.3 is 0 Å². The molecule has 0 spiro atoms. The molecule has 144 valence electrons. The van der Waals surface area contributed by atoms with Gasteiger partial charge in [-0.3, -0.25) is 0 Å². The van der Waals surface area contributed by atoms with Gasteiger partial charge in [0.15, 0.2) is 11.0 Å². The Hall–Kier alpha value is -2.78. The molecule has 1 heterocycles. The van der Waals surface area contributed by atoms with Gasteiger partial charge in [0.2, 0.25) is 0 Å². The molecule has 28 heavy (non-hydrogen) atoms. The molecule has 5 nitrogen and oxygen atoms in total. The lowest BCUT2D eigenvalue weighted by Crippen LogP contribution is -2.21. The van der Waals surface area contributed by atoms with Gasteiger partial charge in [0.1, 0.15) is 0 Å². The monoisotopic (exact) mass is 391 g/mol. The number of benzene rings is 2. The predicted molar refractivity (Wildman–Crippen MR) is 115 cm³/mol. The highest BCUT2D eigenvalue weighted by Crippen LogP contribution is 2.28. The van der Waals surface area contributed by atoms with Gasteiger partial charge in [-0.15, -0.1) is 10.2 Å². The van der Waals surface area contributed by atoms with Crippen LogP contribution in [0.2, 0.25) is 0 Å². The summed E-state index contributed by atoms with van der Waals surface area (Å²) in [5.41, 5.74) is 4.09. The van der Waals surface area contributed by atoms with Crippen molar-refractivity contribution in [1.29, 1.82) is 5.26 Å². The third kappa shape index (κ3) is 4.37. The van der Waals surface area contributed by atoms with E-state index in [4.69, 9.17) is 5.26 Å². The zero-order chi connectivity index (χ0) is 19.9. The summed E-state index contributed by atoms with van der Waals surface area (Å²) in [5, 5.41) is 18.8. The second-order valence-corrected chi connectivity index (χ2v) is 7.31. The molecule has 0 aliphatic heterocycles. The largest absolute Gasteiger partial charge is 0.372 e. The highest BCUT2D eigenvalue weighted by atomic mass is 32.2. The first-order valence-electron chi connectivity index (χ1n) is 9.60. The molecule has 3 rings (SSSR count). The van der Waals surface area contributed by atoms with Crippen LogP contribution in [0, 0.1) is 11.3 Å². The molecule has 0 saturated heterocycles. The Bertz CT molecular complexity index is 952. The summed E-state index contributed by atoms with van der Waals surface area (Å²) < 4.78 is 2.14. The predicted octanol–water partition coefficient (Wildman–Crippen LogP) is 4.98. The van der Waals surface area contributed by atoms with E-state index in [0.29, 0.717) is 5.56 Å². The SMILES string of the molecule is CCN(CC)c1ccc(-c2nnc(SCc3cccc(C#N)c3)n2CC)cc1. The minimum Gasteiger partial charge on any atom is -0.372 e. The van der Waals surface area contributed by atoms with E-state index in [2.05, 4.69) is 70.8 Å². The van der Waals surface area contributed by atoms with Crippen molar-refractivity contribution in [3.63, 3.8) is 0 Å². The molecule has 0 radical (unpaired) electrons. The summed E-state index contributed by atoms with van der Waals surface area (Å²) in [4.78, 5) is 2.32. The number of thioether (sulfide) groups is 1. The fourth-order valence-corrected chi connectivity index (χ4v) is 4.13. The Labute approximate surface area is 171 Å². The molecule has 0 N–H and O–H groups in total. The Balaban J connectivity index is 1.79. The minimum absolute atomic E-state index is 0.684. The lowest BCUT2D eigenvalue weighted by atomic mass is 10.2. The molecule has 0 saturated carbocycles. The lowest BCUT2D eigenvalue weighted by Gasteiger charge is -2.21. The zero-order valence-electron chi connectivity index (χ0n) is 16.6. The molecule has 0 fully saturated rings. The molecule has 0 aliphatic rings. The quantitative estimate of drug-likeness (QED) is 0.507. The smallest absolute Gasteiger partial charge is 0.191 e. The molecular weight excluding hydrogens is 366 g/mol. The fourth-order valence-electron chi connectivity index (χ4n) is 3.18. The van der Waals surface area contributed by atoms with Crippen LogP contribution < -0.4 is 4.90 Å². The number of nitriles is 1. The van der Waals surface area contributed by atoms with Gasteiger partial charge in [-0.1, -0.05) is 23.9 Å². The Morgan fingerprint density at radius 3 is 2.43 bits per heavy atom.